The Morgan fingerprint density at radius 3 is 2.78 bits per heavy atom. The Bertz CT molecular complexity index is 301. The van der Waals surface area contributed by atoms with E-state index >= 15 is 0 Å². The van der Waals surface area contributed by atoms with Crippen LogP contribution in [-0.2, 0) is 0 Å². The summed E-state index contributed by atoms with van der Waals surface area (Å²) in [5.74, 6) is 1.63. The molecule has 1 aliphatic carbocycles. The molecule has 0 aromatic heterocycles. The second-order valence-electron chi connectivity index (χ2n) is 6.27. The quantitative estimate of drug-likeness (QED) is 0.825. The molecule has 0 bridgehead atoms. The Hall–Kier alpha value is -0.0500. The molecule has 1 saturated heterocycles. The molecule has 3 atom stereocenters. The van der Waals surface area contributed by atoms with Crippen molar-refractivity contribution in [2.24, 2.45) is 11.8 Å². The molecule has 0 radical (unpaired) electrons. The van der Waals surface area contributed by atoms with E-state index in [0.29, 0.717) is 11.6 Å². The largest absolute Gasteiger partial charge is 0.311 e. The van der Waals surface area contributed by atoms with E-state index in [0.717, 1.165) is 31.5 Å². The van der Waals surface area contributed by atoms with Crippen molar-refractivity contribution in [1.82, 2.24) is 10.2 Å². The van der Waals surface area contributed by atoms with Crippen LogP contribution >= 0.6 is 11.6 Å². The van der Waals surface area contributed by atoms with Crippen LogP contribution in [0.15, 0.2) is 11.6 Å². The third-order valence-electron chi connectivity index (χ3n) is 5.06. The highest BCUT2D eigenvalue weighted by molar-refractivity contribution is 6.25. The van der Waals surface area contributed by atoms with Crippen LogP contribution in [0.3, 0.4) is 0 Å². The highest BCUT2D eigenvalue weighted by Gasteiger charge is 2.48. The Morgan fingerprint density at radius 2 is 2.22 bits per heavy atom. The predicted molar refractivity (Wildman–Crippen MR) is 78.9 cm³/mol. The zero-order valence-electron chi connectivity index (χ0n) is 12.0. The molecule has 2 fully saturated rings. The molecule has 1 N–H and O–H groups in total. The van der Waals surface area contributed by atoms with Gasteiger partial charge in [0.25, 0.3) is 0 Å². The fraction of sp³-hybridized carbons (Fsp3) is 0.867. The van der Waals surface area contributed by atoms with E-state index in [1.165, 1.54) is 19.3 Å². The number of rotatable bonds is 5. The van der Waals surface area contributed by atoms with Crippen LogP contribution in [0, 0.1) is 11.8 Å². The molecule has 0 spiro atoms. The van der Waals surface area contributed by atoms with E-state index in [1.807, 2.05) is 0 Å². The summed E-state index contributed by atoms with van der Waals surface area (Å²) in [5.41, 5.74) is 1.99. The molecule has 2 nitrogen and oxygen atoms in total. The van der Waals surface area contributed by atoms with E-state index < -0.39 is 0 Å². The molecule has 2 aliphatic rings. The average Bonchev–Trinajstić information content (AvgIpc) is 3.21. The molecule has 18 heavy (non-hydrogen) atoms. The third-order valence-corrected chi connectivity index (χ3v) is 5.24. The molecule has 0 aromatic rings. The van der Waals surface area contributed by atoms with Crippen molar-refractivity contribution in [2.45, 2.75) is 51.6 Å². The summed E-state index contributed by atoms with van der Waals surface area (Å²) in [5, 5.41) is 3.79. The fourth-order valence-corrected chi connectivity index (χ4v) is 3.26. The zero-order valence-corrected chi connectivity index (χ0v) is 12.7. The molecule has 0 aromatic carbocycles. The maximum Gasteiger partial charge on any atom is 0.0337 e. The first-order chi connectivity index (χ1) is 8.61. The number of halogens is 1. The van der Waals surface area contributed by atoms with Crippen molar-refractivity contribution in [3.05, 3.63) is 11.6 Å². The Kier molecular flexibility index (Phi) is 4.74. The van der Waals surface area contributed by atoms with Crippen LogP contribution in [0.1, 0.15) is 40.0 Å². The minimum Gasteiger partial charge on any atom is -0.311 e. The van der Waals surface area contributed by atoms with Crippen LogP contribution in [0.2, 0.25) is 0 Å². The van der Waals surface area contributed by atoms with Gasteiger partial charge in [0.1, 0.15) is 0 Å². The van der Waals surface area contributed by atoms with Crippen LogP contribution in [-0.4, -0.2) is 36.1 Å². The zero-order chi connectivity index (χ0) is 13.2. The van der Waals surface area contributed by atoms with Gasteiger partial charge >= 0.3 is 0 Å². The maximum absolute atomic E-state index is 5.71. The van der Waals surface area contributed by atoms with Crippen molar-refractivity contribution in [3.8, 4) is 0 Å². The lowest BCUT2D eigenvalue weighted by Gasteiger charge is -2.49. The van der Waals surface area contributed by atoms with Gasteiger partial charge in [-0.2, -0.15) is 0 Å². The van der Waals surface area contributed by atoms with E-state index in [1.54, 1.807) is 5.54 Å². The fourth-order valence-electron chi connectivity index (χ4n) is 3.18. The molecule has 104 valence electrons. The number of piperazine rings is 1. The molecule has 3 heteroatoms. The topological polar surface area (TPSA) is 15.3 Å². The number of hydrogen-bond donors (Lipinski definition) is 1. The summed E-state index contributed by atoms with van der Waals surface area (Å²) in [4.78, 5) is 2.65. The van der Waals surface area contributed by atoms with Gasteiger partial charge in [-0.05, 0) is 31.6 Å². The van der Waals surface area contributed by atoms with E-state index in [-0.39, 0.29) is 0 Å². The Labute approximate surface area is 117 Å². The first-order valence-corrected chi connectivity index (χ1v) is 7.79. The SMILES string of the molecule is CCC(C)C1CN(C/C=C/Cl)C(C)(C2CC2)CN1. The highest BCUT2D eigenvalue weighted by Crippen LogP contribution is 2.44. The molecule has 1 heterocycles. The first-order valence-electron chi connectivity index (χ1n) is 7.35. The highest BCUT2D eigenvalue weighted by atomic mass is 35.5. The van der Waals surface area contributed by atoms with Crippen LogP contribution in [0.5, 0.6) is 0 Å². The van der Waals surface area contributed by atoms with Gasteiger partial charge in [-0.25, -0.2) is 0 Å². The first kappa shape index (κ1) is 14.4. The van der Waals surface area contributed by atoms with Crippen molar-refractivity contribution in [3.63, 3.8) is 0 Å². The summed E-state index contributed by atoms with van der Waals surface area (Å²) in [6.07, 6.45) is 6.12. The predicted octanol–water partition coefficient (Wildman–Crippen LogP) is 3.23. The molecule has 2 rings (SSSR count). The molecule has 3 unspecified atom stereocenters. The normalized spacial score (nSPS) is 36.1. The lowest BCUT2D eigenvalue weighted by atomic mass is 9.86. The summed E-state index contributed by atoms with van der Waals surface area (Å²) in [6, 6.07) is 0.630. The lowest BCUT2D eigenvalue weighted by molar-refractivity contribution is 0.0335. The molecule has 1 saturated carbocycles. The molecular formula is C15H27ClN2. The van der Waals surface area contributed by atoms with E-state index in [9.17, 15) is 0 Å². The van der Waals surface area contributed by atoms with Crippen LogP contribution in [0.4, 0.5) is 0 Å². The van der Waals surface area contributed by atoms with E-state index in [4.69, 9.17) is 11.6 Å². The molecule has 0 amide bonds. The maximum atomic E-state index is 5.71. The average molecular weight is 271 g/mol. The minimum atomic E-state index is 0.334. The number of hydrogen-bond acceptors (Lipinski definition) is 2. The lowest BCUT2D eigenvalue weighted by Crippen LogP contribution is -2.65. The van der Waals surface area contributed by atoms with Gasteiger partial charge in [0.2, 0.25) is 0 Å². The van der Waals surface area contributed by atoms with Gasteiger partial charge in [-0.15, -0.1) is 0 Å². The summed E-state index contributed by atoms with van der Waals surface area (Å²) >= 11 is 5.71. The minimum absolute atomic E-state index is 0.334. The van der Waals surface area contributed by atoms with Crippen molar-refractivity contribution < 1.29 is 0 Å². The number of nitrogens with one attached hydrogen (secondary N) is 1. The molecule has 1 aliphatic heterocycles. The van der Waals surface area contributed by atoms with Crippen LogP contribution < -0.4 is 5.32 Å². The van der Waals surface area contributed by atoms with Crippen molar-refractivity contribution in [1.29, 1.82) is 0 Å². The Balaban J connectivity index is 2.05. The summed E-state index contributed by atoms with van der Waals surface area (Å²) in [6.45, 7) is 10.3. The van der Waals surface area contributed by atoms with Gasteiger partial charge < -0.3 is 5.32 Å². The summed E-state index contributed by atoms with van der Waals surface area (Å²) in [7, 11) is 0. The Morgan fingerprint density at radius 1 is 1.50 bits per heavy atom. The standard InChI is InChI=1S/C15H27ClN2/c1-4-12(2)14-10-18(9-5-8-16)15(3,11-17-14)13-6-7-13/h5,8,12-14,17H,4,6-7,9-11H2,1-3H3/b8-5+. The van der Waals surface area contributed by atoms with Gasteiger partial charge in [0.05, 0.1) is 0 Å². The summed E-state index contributed by atoms with van der Waals surface area (Å²) < 4.78 is 0. The van der Waals surface area contributed by atoms with Gasteiger partial charge in [0, 0.05) is 36.8 Å². The monoisotopic (exact) mass is 270 g/mol. The van der Waals surface area contributed by atoms with Crippen molar-refractivity contribution in [2.75, 3.05) is 19.6 Å². The smallest absolute Gasteiger partial charge is 0.0337 e. The van der Waals surface area contributed by atoms with E-state index in [2.05, 4.69) is 37.1 Å². The van der Waals surface area contributed by atoms with Crippen LogP contribution in [0.25, 0.3) is 0 Å². The second-order valence-corrected chi connectivity index (χ2v) is 6.52. The second kappa shape index (κ2) is 5.94. The van der Waals surface area contributed by atoms with Crippen molar-refractivity contribution >= 4 is 11.6 Å². The molecular weight excluding hydrogens is 244 g/mol. The van der Waals surface area contributed by atoms with Gasteiger partial charge in [0.15, 0.2) is 0 Å². The van der Waals surface area contributed by atoms with Gasteiger partial charge in [-0.1, -0.05) is 37.9 Å². The third kappa shape index (κ3) is 2.92. The number of nitrogens with zero attached hydrogens (tertiary/aromatic N) is 1. The van der Waals surface area contributed by atoms with Gasteiger partial charge in [-0.3, -0.25) is 4.90 Å².